The topological polar surface area (TPSA) is 68.6 Å². The van der Waals surface area contributed by atoms with E-state index in [-0.39, 0.29) is 5.92 Å². The van der Waals surface area contributed by atoms with Gasteiger partial charge in [0.05, 0.1) is 31.3 Å². The molecule has 6 heteroatoms. The number of ether oxygens (including phenoxy) is 2. The van der Waals surface area contributed by atoms with Gasteiger partial charge in [-0.2, -0.15) is 0 Å². The molecule has 0 fully saturated rings. The molecule has 0 radical (unpaired) electrons. The standard InChI is InChI=1S/C34H38N4O2/c1-6-22(3)18-24-10-15-28-30(19-24)37-33(25-11-8-23(7-2)9-12-25)32(28)29-16-17-35-34(38-29)36-21-26-13-14-27(39-4)20-31(26)40-5/h8-17,19-20,22,28H,6-7,18,21H2,1-5H3,(H,35,36,38). The number of rotatable bonds is 11. The Morgan fingerprint density at radius 3 is 2.55 bits per heavy atom. The van der Waals surface area contributed by atoms with Crippen molar-refractivity contribution in [3.63, 3.8) is 0 Å². The van der Waals surface area contributed by atoms with Crippen molar-refractivity contribution in [2.24, 2.45) is 16.8 Å². The monoisotopic (exact) mass is 534 g/mol. The van der Waals surface area contributed by atoms with Crippen molar-refractivity contribution in [2.75, 3.05) is 19.5 Å². The number of hydrogen-bond acceptors (Lipinski definition) is 6. The first-order chi connectivity index (χ1) is 19.5. The summed E-state index contributed by atoms with van der Waals surface area (Å²) in [4.78, 5) is 14.7. The Kier molecular flexibility index (Phi) is 8.44. The van der Waals surface area contributed by atoms with Gasteiger partial charge in [-0.15, -0.1) is 0 Å². The van der Waals surface area contributed by atoms with Crippen LogP contribution in [0.1, 0.15) is 56.0 Å². The molecule has 40 heavy (non-hydrogen) atoms. The van der Waals surface area contributed by atoms with Crippen molar-refractivity contribution < 1.29 is 9.47 Å². The van der Waals surface area contributed by atoms with E-state index in [1.807, 2.05) is 30.5 Å². The number of methoxy groups -OCH3 is 2. The zero-order chi connectivity index (χ0) is 28.1. The highest BCUT2D eigenvalue weighted by molar-refractivity contribution is 6.18. The number of nitrogens with one attached hydrogen (secondary N) is 1. The SMILES string of the molecule is CCc1ccc(C2=C(c3ccnc(NCc4ccc(OC)cc4OC)n3)C3C=CC(CC(C)CC)=CC3=N2)cc1. The number of nitrogens with zero attached hydrogens (tertiary/aromatic N) is 3. The van der Waals surface area contributed by atoms with E-state index in [9.17, 15) is 0 Å². The minimum Gasteiger partial charge on any atom is -0.497 e. The number of fused-ring (bicyclic) bond motifs is 1. The van der Waals surface area contributed by atoms with Crippen molar-refractivity contribution in [3.05, 3.63) is 101 Å². The van der Waals surface area contributed by atoms with E-state index in [0.29, 0.717) is 18.4 Å². The molecule has 2 atom stereocenters. The summed E-state index contributed by atoms with van der Waals surface area (Å²) in [6, 6.07) is 16.5. The fraction of sp³-hybridized carbons (Fsp3) is 0.324. The van der Waals surface area contributed by atoms with Gasteiger partial charge in [0.2, 0.25) is 5.95 Å². The molecule has 0 saturated heterocycles. The first kappa shape index (κ1) is 27.4. The number of aromatic nitrogens is 2. The van der Waals surface area contributed by atoms with Gasteiger partial charge in [0.25, 0.3) is 0 Å². The van der Waals surface area contributed by atoms with Crippen LogP contribution in [-0.4, -0.2) is 29.9 Å². The molecule has 6 nitrogen and oxygen atoms in total. The quantitative estimate of drug-likeness (QED) is 0.275. The lowest BCUT2D eigenvalue weighted by Crippen LogP contribution is -2.14. The lowest BCUT2D eigenvalue weighted by Gasteiger charge is -2.19. The fourth-order valence-electron chi connectivity index (χ4n) is 5.17. The summed E-state index contributed by atoms with van der Waals surface area (Å²) in [5.74, 6) is 2.77. The van der Waals surface area contributed by atoms with Crippen LogP contribution in [0.3, 0.4) is 0 Å². The molecule has 1 aliphatic heterocycles. The molecule has 2 unspecified atom stereocenters. The molecule has 0 bridgehead atoms. The van der Waals surface area contributed by atoms with Gasteiger partial charge >= 0.3 is 0 Å². The zero-order valence-corrected chi connectivity index (χ0v) is 24.1. The average Bonchev–Trinajstić information content (AvgIpc) is 3.38. The van der Waals surface area contributed by atoms with E-state index >= 15 is 0 Å². The third-order valence-electron chi connectivity index (χ3n) is 7.74. The third-order valence-corrected chi connectivity index (χ3v) is 7.74. The number of allylic oxidation sites excluding steroid dienone is 5. The van der Waals surface area contributed by atoms with E-state index < -0.39 is 0 Å². The molecule has 2 heterocycles. The van der Waals surface area contributed by atoms with E-state index in [2.05, 4.69) is 73.6 Å². The highest BCUT2D eigenvalue weighted by Crippen LogP contribution is 2.42. The van der Waals surface area contributed by atoms with Crippen LogP contribution in [0.2, 0.25) is 0 Å². The van der Waals surface area contributed by atoms with Gasteiger partial charge in [0.1, 0.15) is 11.5 Å². The van der Waals surface area contributed by atoms with Gasteiger partial charge < -0.3 is 14.8 Å². The lowest BCUT2D eigenvalue weighted by molar-refractivity contribution is 0.391. The Balaban J connectivity index is 1.47. The van der Waals surface area contributed by atoms with Crippen molar-refractivity contribution in [2.45, 2.75) is 46.6 Å². The Hall–Kier alpha value is -4.19. The van der Waals surface area contributed by atoms with Crippen molar-refractivity contribution in [3.8, 4) is 11.5 Å². The second-order valence-electron chi connectivity index (χ2n) is 10.4. The summed E-state index contributed by atoms with van der Waals surface area (Å²) in [6.07, 6.45) is 11.9. The highest BCUT2D eigenvalue weighted by atomic mass is 16.5. The van der Waals surface area contributed by atoms with Gasteiger partial charge in [0, 0.05) is 41.4 Å². The average molecular weight is 535 g/mol. The Labute approximate surface area is 237 Å². The normalized spacial score (nSPS) is 16.8. The summed E-state index contributed by atoms with van der Waals surface area (Å²) in [6.45, 7) is 7.25. The largest absolute Gasteiger partial charge is 0.497 e. The number of aliphatic imine (C=N–C) groups is 1. The molecule has 2 aromatic carbocycles. The van der Waals surface area contributed by atoms with E-state index in [4.69, 9.17) is 19.5 Å². The Morgan fingerprint density at radius 1 is 1.00 bits per heavy atom. The summed E-state index contributed by atoms with van der Waals surface area (Å²) < 4.78 is 10.9. The van der Waals surface area contributed by atoms with Crippen molar-refractivity contribution in [1.82, 2.24) is 9.97 Å². The molecular formula is C34H38N4O2. The van der Waals surface area contributed by atoms with Gasteiger partial charge in [-0.1, -0.05) is 63.6 Å². The molecule has 5 rings (SSSR count). The van der Waals surface area contributed by atoms with Crippen LogP contribution >= 0.6 is 0 Å². The minimum atomic E-state index is 0.0611. The molecule has 1 aliphatic carbocycles. The minimum absolute atomic E-state index is 0.0611. The van der Waals surface area contributed by atoms with Gasteiger partial charge in [-0.05, 0) is 54.2 Å². The molecule has 0 spiro atoms. The zero-order valence-electron chi connectivity index (χ0n) is 24.1. The molecular weight excluding hydrogens is 496 g/mol. The predicted octanol–water partition coefficient (Wildman–Crippen LogP) is 7.54. The molecule has 1 aromatic heterocycles. The Bertz CT molecular complexity index is 1480. The summed E-state index contributed by atoms with van der Waals surface area (Å²) in [5, 5.41) is 3.38. The molecule has 206 valence electrons. The predicted molar refractivity (Wildman–Crippen MR) is 164 cm³/mol. The molecule has 0 amide bonds. The van der Waals surface area contributed by atoms with Crippen molar-refractivity contribution in [1.29, 1.82) is 0 Å². The Morgan fingerprint density at radius 2 is 1.82 bits per heavy atom. The smallest absolute Gasteiger partial charge is 0.223 e. The molecule has 2 aliphatic rings. The first-order valence-corrected chi connectivity index (χ1v) is 14.1. The fourth-order valence-corrected chi connectivity index (χ4v) is 5.17. The van der Waals surface area contributed by atoms with Gasteiger partial charge in [-0.3, -0.25) is 4.99 Å². The van der Waals surface area contributed by atoms with Crippen LogP contribution in [0.4, 0.5) is 5.95 Å². The first-order valence-electron chi connectivity index (χ1n) is 14.1. The maximum Gasteiger partial charge on any atom is 0.223 e. The van der Waals surface area contributed by atoms with Gasteiger partial charge in [-0.25, -0.2) is 9.97 Å². The van der Waals surface area contributed by atoms with Crippen LogP contribution in [-0.2, 0) is 13.0 Å². The number of hydrogen-bond donors (Lipinski definition) is 1. The van der Waals surface area contributed by atoms with Crippen LogP contribution in [0.25, 0.3) is 11.3 Å². The number of benzene rings is 2. The summed E-state index contributed by atoms with van der Waals surface area (Å²) in [7, 11) is 3.31. The van der Waals surface area contributed by atoms with Crippen LogP contribution in [0, 0.1) is 11.8 Å². The third kappa shape index (κ3) is 5.86. The number of aryl methyl sites for hydroxylation is 1. The van der Waals surface area contributed by atoms with E-state index in [1.54, 1.807) is 14.2 Å². The van der Waals surface area contributed by atoms with E-state index in [0.717, 1.165) is 58.1 Å². The van der Waals surface area contributed by atoms with Gasteiger partial charge in [0.15, 0.2) is 0 Å². The molecule has 1 N–H and O–H groups in total. The summed E-state index contributed by atoms with van der Waals surface area (Å²) in [5.41, 5.74) is 8.81. The highest BCUT2D eigenvalue weighted by Gasteiger charge is 2.31. The van der Waals surface area contributed by atoms with Crippen LogP contribution < -0.4 is 14.8 Å². The second-order valence-corrected chi connectivity index (χ2v) is 10.4. The van der Waals surface area contributed by atoms with Crippen LogP contribution in [0.15, 0.2) is 83.5 Å². The lowest BCUT2D eigenvalue weighted by atomic mass is 9.85. The number of anilines is 1. The molecule has 3 aromatic rings. The summed E-state index contributed by atoms with van der Waals surface area (Å²) >= 11 is 0. The second kappa shape index (κ2) is 12.3. The molecule has 0 saturated carbocycles. The van der Waals surface area contributed by atoms with E-state index in [1.165, 1.54) is 17.6 Å². The maximum atomic E-state index is 5.56. The van der Waals surface area contributed by atoms with Crippen LogP contribution in [0.5, 0.6) is 11.5 Å². The maximum absolute atomic E-state index is 5.56. The van der Waals surface area contributed by atoms with Crippen molar-refractivity contribution >= 4 is 22.9 Å².